The molecule has 2 nitrogen and oxygen atoms in total. The molecule has 0 aliphatic carbocycles. The first-order valence-corrected chi connectivity index (χ1v) is 8.40. The van der Waals surface area contributed by atoms with Crippen LogP contribution in [0.25, 0.3) is 0 Å². The fourth-order valence-electron chi connectivity index (χ4n) is 2.78. The largest absolute Gasteiger partial charge is 0.348 e. The maximum absolute atomic E-state index is 5.76. The van der Waals surface area contributed by atoms with E-state index in [1.165, 1.54) is 30.8 Å². The van der Waals surface area contributed by atoms with Crippen molar-refractivity contribution >= 4 is 28.1 Å². The van der Waals surface area contributed by atoms with Crippen molar-refractivity contribution in [2.45, 2.75) is 46.0 Å². The molecule has 4 heteroatoms. The second-order valence-corrected chi connectivity index (χ2v) is 6.47. The van der Waals surface area contributed by atoms with E-state index in [9.17, 15) is 0 Å². The summed E-state index contributed by atoms with van der Waals surface area (Å²) in [5.74, 6) is 0.665. The van der Waals surface area contributed by atoms with Crippen LogP contribution in [0.2, 0.25) is 0 Å². The van der Waals surface area contributed by atoms with E-state index in [1.807, 2.05) is 0 Å². The molecule has 0 spiro atoms. The highest BCUT2D eigenvalue weighted by molar-refractivity contribution is 7.13. The SMILES string of the molecule is CCC1(CC)CCN(c2nc(CCCl)cs2)CC1. The number of aryl methyl sites for hydroxylation is 1. The molecule has 1 saturated heterocycles. The lowest BCUT2D eigenvalue weighted by atomic mass is 9.74. The fourth-order valence-corrected chi connectivity index (χ4v) is 3.89. The van der Waals surface area contributed by atoms with Crippen LogP contribution in [0.3, 0.4) is 0 Å². The number of aromatic nitrogens is 1. The Hall–Kier alpha value is -0.280. The number of nitrogens with zero attached hydrogens (tertiary/aromatic N) is 2. The molecule has 0 unspecified atom stereocenters. The van der Waals surface area contributed by atoms with Crippen molar-refractivity contribution in [1.29, 1.82) is 0 Å². The molecule has 1 aliphatic heterocycles. The molecule has 2 rings (SSSR count). The van der Waals surface area contributed by atoms with Gasteiger partial charge in [-0.2, -0.15) is 0 Å². The second kappa shape index (κ2) is 6.25. The van der Waals surface area contributed by atoms with Gasteiger partial charge in [0.05, 0.1) is 5.69 Å². The number of hydrogen-bond acceptors (Lipinski definition) is 3. The van der Waals surface area contributed by atoms with Crippen molar-refractivity contribution in [2.75, 3.05) is 23.9 Å². The molecule has 0 saturated carbocycles. The second-order valence-electron chi connectivity index (χ2n) is 5.25. The molecule has 0 bridgehead atoms. The third-order valence-corrected chi connectivity index (χ3v) is 5.62. The molecule has 0 aromatic carbocycles. The minimum absolute atomic E-state index is 0.590. The van der Waals surface area contributed by atoms with Gasteiger partial charge in [-0.3, -0.25) is 0 Å². The smallest absolute Gasteiger partial charge is 0.185 e. The van der Waals surface area contributed by atoms with E-state index in [0.29, 0.717) is 11.3 Å². The van der Waals surface area contributed by atoms with Crippen molar-refractivity contribution in [3.8, 4) is 0 Å². The van der Waals surface area contributed by atoms with Crippen molar-refractivity contribution < 1.29 is 0 Å². The Balaban J connectivity index is 1.96. The summed E-state index contributed by atoms with van der Waals surface area (Å²) in [5, 5.41) is 3.34. The van der Waals surface area contributed by atoms with E-state index in [4.69, 9.17) is 11.6 Å². The number of halogens is 1. The van der Waals surface area contributed by atoms with Gasteiger partial charge in [-0.05, 0) is 18.3 Å². The van der Waals surface area contributed by atoms with Gasteiger partial charge in [0.2, 0.25) is 0 Å². The zero-order chi connectivity index (χ0) is 13.0. The summed E-state index contributed by atoms with van der Waals surface area (Å²) in [6.07, 6.45) is 6.13. The van der Waals surface area contributed by atoms with Gasteiger partial charge in [0.1, 0.15) is 0 Å². The van der Waals surface area contributed by atoms with E-state index in [0.717, 1.165) is 25.2 Å². The summed E-state index contributed by atoms with van der Waals surface area (Å²) in [4.78, 5) is 7.13. The molecular weight excluding hydrogens is 264 g/mol. The average Bonchev–Trinajstić information content (AvgIpc) is 2.88. The lowest BCUT2D eigenvalue weighted by Gasteiger charge is -2.40. The lowest BCUT2D eigenvalue weighted by molar-refractivity contribution is 0.199. The summed E-state index contributed by atoms with van der Waals surface area (Å²) >= 11 is 7.52. The van der Waals surface area contributed by atoms with Crippen molar-refractivity contribution in [2.24, 2.45) is 5.41 Å². The lowest BCUT2D eigenvalue weighted by Crippen LogP contribution is -2.39. The van der Waals surface area contributed by atoms with E-state index < -0.39 is 0 Å². The Morgan fingerprint density at radius 3 is 2.56 bits per heavy atom. The Bertz CT molecular complexity index is 364. The molecule has 18 heavy (non-hydrogen) atoms. The molecule has 102 valence electrons. The highest BCUT2D eigenvalue weighted by Crippen LogP contribution is 2.39. The molecule has 2 heterocycles. The average molecular weight is 287 g/mol. The molecule has 0 radical (unpaired) electrons. The standard InChI is InChI=1S/C14H23ClN2S/c1-3-14(4-2)6-9-17(10-7-14)13-16-12(5-8-15)11-18-13/h11H,3-10H2,1-2H3. The van der Waals surface area contributed by atoms with Crippen molar-refractivity contribution in [3.05, 3.63) is 11.1 Å². The highest BCUT2D eigenvalue weighted by atomic mass is 35.5. The van der Waals surface area contributed by atoms with Gasteiger partial charge in [-0.15, -0.1) is 22.9 Å². The van der Waals surface area contributed by atoms with Gasteiger partial charge in [-0.25, -0.2) is 4.98 Å². The maximum Gasteiger partial charge on any atom is 0.185 e. The van der Waals surface area contributed by atoms with Crippen LogP contribution in [0.5, 0.6) is 0 Å². The van der Waals surface area contributed by atoms with Gasteiger partial charge in [0.25, 0.3) is 0 Å². The molecule has 0 amide bonds. The third-order valence-electron chi connectivity index (χ3n) is 4.48. The van der Waals surface area contributed by atoms with E-state index in [2.05, 4.69) is 29.1 Å². The number of alkyl halides is 1. The highest BCUT2D eigenvalue weighted by Gasteiger charge is 2.31. The molecule has 1 aromatic rings. The van der Waals surface area contributed by atoms with Crippen LogP contribution in [0.4, 0.5) is 5.13 Å². The minimum atomic E-state index is 0.590. The summed E-state index contributed by atoms with van der Waals surface area (Å²) in [6.45, 7) is 6.99. The molecule has 0 atom stereocenters. The van der Waals surface area contributed by atoms with Crippen LogP contribution >= 0.6 is 22.9 Å². The Labute approximate surface area is 119 Å². The number of anilines is 1. The van der Waals surface area contributed by atoms with Gasteiger partial charge >= 0.3 is 0 Å². The summed E-state index contributed by atoms with van der Waals surface area (Å²) < 4.78 is 0. The fraction of sp³-hybridized carbons (Fsp3) is 0.786. The third kappa shape index (κ3) is 3.00. The number of thiazole rings is 1. The van der Waals surface area contributed by atoms with Crippen LogP contribution < -0.4 is 4.90 Å². The van der Waals surface area contributed by atoms with Crippen LogP contribution in [0.1, 0.15) is 45.2 Å². The zero-order valence-electron chi connectivity index (χ0n) is 11.4. The van der Waals surface area contributed by atoms with Crippen molar-refractivity contribution in [1.82, 2.24) is 4.98 Å². The van der Waals surface area contributed by atoms with E-state index >= 15 is 0 Å². The quantitative estimate of drug-likeness (QED) is 0.749. The molecule has 1 aliphatic rings. The van der Waals surface area contributed by atoms with E-state index in [1.54, 1.807) is 11.3 Å². The number of piperidine rings is 1. The predicted octanol–water partition coefficient (Wildman–Crippen LogP) is 4.33. The Morgan fingerprint density at radius 1 is 1.33 bits per heavy atom. The van der Waals surface area contributed by atoms with Crippen LogP contribution in [0, 0.1) is 5.41 Å². The normalized spacial score (nSPS) is 19.2. The van der Waals surface area contributed by atoms with Gasteiger partial charge in [0, 0.05) is 30.8 Å². The van der Waals surface area contributed by atoms with Gasteiger partial charge < -0.3 is 4.90 Å². The van der Waals surface area contributed by atoms with Gasteiger partial charge in [-0.1, -0.05) is 26.7 Å². The molecule has 0 N–H and O–H groups in total. The zero-order valence-corrected chi connectivity index (χ0v) is 13.0. The molecule has 1 aromatic heterocycles. The van der Waals surface area contributed by atoms with Crippen LogP contribution in [-0.4, -0.2) is 24.0 Å². The molecular formula is C14H23ClN2S. The first-order valence-electron chi connectivity index (χ1n) is 6.98. The predicted molar refractivity (Wildman–Crippen MR) is 81.0 cm³/mol. The Kier molecular flexibility index (Phi) is 4.91. The van der Waals surface area contributed by atoms with E-state index in [-0.39, 0.29) is 0 Å². The maximum atomic E-state index is 5.76. The minimum Gasteiger partial charge on any atom is -0.348 e. The summed E-state index contributed by atoms with van der Waals surface area (Å²) in [6, 6.07) is 0. The van der Waals surface area contributed by atoms with Crippen LogP contribution in [0.15, 0.2) is 5.38 Å². The van der Waals surface area contributed by atoms with Crippen molar-refractivity contribution in [3.63, 3.8) is 0 Å². The monoisotopic (exact) mass is 286 g/mol. The molecule has 1 fully saturated rings. The summed E-state index contributed by atoms with van der Waals surface area (Å²) in [5.41, 5.74) is 1.74. The number of hydrogen-bond donors (Lipinski definition) is 0. The van der Waals surface area contributed by atoms with Crippen LogP contribution in [-0.2, 0) is 6.42 Å². The topological polar surface area (TPSA) is 16.1 Å². The first-order chi connectivity index (χ1) is 8.73. The number of rotatable bonds is 5. The first kappa shape index (κ1) is 14.1. The summed E-state index contributed by atoms with van der Waals surface area (Å²) in [7, 11) is 0. The Morgan fingerprint density at radius 2 is 2.00 bits per heavy atom. The van der Waals surface area contributed by atoms with Gasteiger partial charge in [0.15, 0.2) is 5.13 Å².